The van der Waals surface area contributed by atoms with Crippen molar-refractivity contribution in [3.8, 4) is 0 Å². The Labute approximate surface area is 166 Å². The Bertz CT molecular complexity index is 781. The summed E-state index contributed by atoms with van der Waals surface area (Å²) in [6.45, 7) is 2.15. The molecule has 150 valence electrons. The van der Waals surface area contributed by atoms with Crippen molar-refractivity contribution >= 4 is 17.5 Å². The Kier molecular flexibility index (Phi) is 3.60. The third kappa shape index (κ3) is 2.10. The second kappa shape index (κ2) is 5.79. The second-order valence-electron chi connectivity index (χ2n) is 10.6. The van der Waals surface area contributed by atoms with E-state index in [-0.39, 0.29) is 64.6 Å². The van der Waals surface area contributed by atoms with Gasteiger partial charge in [-0.3, -0.25) is 14.4 Å². The molecule has 0 amide bonds. The fraction of sp³-hybridized carbons (Fsp3) is 0.792. The average Bonchev–Trinajstić information content (AvgIpc) is 3.38. The van der Waals surface area contributed by atoms with Crippen LogP contribution in [-0.2, 0) is 19.1 Å². The molecule has 10 atom stereocenters. The zero-order valence-electron chi connectivity index (χ0n) is 16.6. The fourth-order valence-corrected chi connectivity index (χ4v) is 8.47. The van der Waals surface area contributed by atoms with Crippen LogP contribution in [0.5, 0.6) is 0 Å². The monoisotopic (exact) mass is 382 g/mol. The minimum atomic E-state index is -0.366. The zero-order valence-corrected chi connectivity index (χ0v) is 16.6. The number of hydrogen-bond acceptors (Lipinski definition) is 4. The van der Waals surface area contributed by atoms with Gasteiger partial charge in [0, 0.05) is 29.6 Å². The molecule has 28 heavy (non-hydrogen) atoms. The Hall–Kier alpha value is -1.45. The van der Waals surface area contributed by atoms with Crippen LogP contribution in [0.25, 0.3) is 0 Å². The normalized spacial score (nSPS) is 53.4. The summed E-state index contributed by atoms with van der Waals surface area (Å²) < 4.78 is 6.29. The predicted octanol–water partition coefficient (Wildman–Crippen LogP) is 3.73. The van der Waals surface area contributed by atoms with Crippen molar-refractivity contribution in [2.75, 3.05) is 0 Å². The number of ketones is 2. The van der Waals surface area contributed by atoms with E-state index in [0.717, 1.165) is 19.3 Å². The van der Waals surface area contributed by atoms with E-state index in [1.165, 1.54) is 25.7 Å². The number of allylic oxidation sites excluding steroid dienone is 2. The minimum absolute atomic E-state index is 0.0629. The molecule has 0 aromatic heterocycles. The first kappa shape index (κ1) is 17.4. The van der Waals surface area contributed by atoms with Gasteiger partial charge in [-0.15, -0.1) is 0 Å². The lowest BCUT2D eigenvalue weighted by Gasteiger charge is -2.48. The lowest BCUT2D eigenvalue weighted by molar-refractivity contribution is -0.182. The van der Waals surface area contributed by atoms with Crippen molar-refractivity contribution in [3.05, 3.63) is 12.2 Å². The highest BCUT2D eigenvalue weighted by molar-refractivity contribution is 6.01. The molecule has 0 heterocycles. The molecule has 4 heteroatoms. The van der Waals surface area contributed by atoms with Crippen LogP contribution >= 0.6 is 0 Å². The minimum Gasteiger partial charge on any atom is -0.459 e. The molecule has 5 saturated carbocycles. The van der Waals surface area contributed by atoms with Crippen LogP contribution in [0.4, 0.5) is 0 Å². The van der Waals surface area contributed by atoms with E-state index in [0.29, 0.717) is 18.3 Å². The second-order valence-corrected chi connectivity index (χ2v) is 10.6. The molecule has 5 fully saturated rings. The summed E-state index contributed by atoms with van der Waals surface area (Å²) in [5.74, 6) is 0.898. The number of ether oxygens (including phenoxy) is 1. The van der Waals surface area contributed by atoms with Crippen LogP contribution in [-0.4, -0.2) is 23.1 Å². The van der Waals surface area contributed by atoms with E-state index in [2.05, 4.69) is 6.92 Å². The van der Waals surface area contributed by atoms with E-state index in [1.54, 1.807) is 0 Å². The number of esters is 1. The van der Waals surface area contributed by atoms with E-state index in [4.69, 9.17) is 4.74 Å². The quantitative estimate of drug-likeness (QED) is 0.415. The fourth-order valence-electron chi connectivity index (χ4n) is 8.47. The summed E-state index contributed by atoms with van der Waals surface area (Å²) in [6, 6.07) is 0. The van der Waals surface area contributed by atoms with E-state index < -0.39 is 0 Å². The van der Waals surface area contributed by atoms with Crippen molar-refractivity contribution in [2.45, 2.75) is 63.9 Å². The van der Waals surface area contributed by atoms with Crippen molar-refractivity contribution < 1.29 is 19.1 Å². The van der Waals surface area contributed by atoms with Gasteiger partial charge in [0.2, 0.25) is 0 Å². The Morgan fingerprint density at radius 2 is 1.71 bits per heavy atom. The van der Waals surface area contributed by atoms with Gasteiger partial charge in [-0.25, -0.2) is 0 Å². The Morgan fingerprint density at radius 3 is 2.54 bits per heavy atom. The summed E-state index contributed by atoms with van der Waals surface area (Å²) in [5, 5.41) is 0. The Balaban J connectivity index is 1.24. The summed E-state index contributed by atoms with van der Waals surface area (Å²) in [4.78, 5) is 38.8. The summed E-state index contributed by atoms with van der Waals surface area (Å²) >= 11 is 0. The number of rotatable bonds is 2. The standard InChI is InChI=1S/C24H30O4/c1-24(10-4-6-12-5-2-3-7-17(12)24)28-23(27)16-11-15-18-13-8-9-14(21(13)25)19(18)20(16)22(15)26/h8-9,12-20H,2-7,10-11H2,1H3. The molecule has 6 aliphatic carbocycles. The number of Topliss-reactive ketones (excluding diaryl/α,β-unsaturated/α-hetero) is 2. The van der Waals surface area contributed by atoms with Gasteiger partial charge in [0.1, 0.15) is 17.2 Å². The number of carbonyl (C=O) groups excluding carboxylic acids is 3. The van der Waals surface area contributed by atoms with Gasteiger partial charge in [-0.1, -0.05) is 31.4 Å². The van der Waals surface area contributed by atoms with Crippen molar-refractivity contribution in [3.63, 3.8) is 0 Å². The SMILES string of the molecule is CC1(OC(=O)C2CC3C(=O)C2C2C4C=CC(C4=O)C32)CCCC2CCCCC21. The first-order valence-corrected chi connectivity index (χ1v) is 11.5. The molecule has 0 radical (unpaired) electrons. The highest BCUT2D eigenvalue weighted by atomic mass is 16.6. The molecule has 0 aromatic rings. The maximum absolute atomic E-state index is 13.3. The van der Waals surface area contributed by atoms with Gasteiger partial charge >= 0.3 is 5.97 Å². The molecule has 6 aliphatic rings. The van der Waals surface area contributed by atoms with Gasteiger partial charge in [0.25, 0.3) is 0 Å². The molecule has 0 aliphatic heterocycles. The maximum atomic E-state index is 13.3. The highest BCUT2D eigenvalue weighted by Gasteiger charge is 2.70. The van der Waals surface area contributed by atoms with E-state index >= 15 is 0 Å². The van der Waals surface area contributed by atoms with Crippen LogP contribution in [0.3, 0.4) is 0 Å². The summed E-state index contributed by atoms with van der Waals surface area (Å²) in [6.07, 6.45) is 13.0. The zero-order chi connectivity index (χ0) is 19.2. The molecule has 6 rings (SSSR count). The smallest absolute Gasteiger partial charge is 0.310 e. The molecular formula is C24H30O4. The number of hydrogen-bond donors (Lipinski definition) is 0. The Morgan fingerprint density at radius 1 is 1.00 bits per heavy atom. The third-order valence-electron chi connectivity index (χ3n) is 9.55. The molecule has 0 N–H and O–H groups in total. The van der Waals surface area contributed by atoms with Crippen molar-refractivity contribution in [1.82, 2.24) is 0 Å². The molecular weight excluding hydrogens is 352 g/mol. The average molecular weight is 383 g/mol. The molecule has 0 aromatic carbocycles. The molecule has 4 nitrogen and oxygen atoms in total. The lowest BCUT2D eigenvalue weighted by atomic mass is 9.63. The topological polar surface area (TPSA) is 60.4 Å². The highest BCUT2D eigenvalue weighted by Crippen LogP contribution is 2.64. The first-order chi connectivity index (χ1) is 13.5. The van der Waals surface area contributed by atoms with Crippen LogP contribution in [0.15, 0.2) is 12.2 Å². The van der Waals surface area contributed by atoms with Crippen molar-refractivity contribution in [1.29, 1.82) is 0 Å². The van der Waals surface area contributed by atoms with Crippen LogP contribution in [0.2, 0.25) is 0 Å². The third-order valence-corrected chi connectivity index (χ3v) is 9.55. The predicted molar refractivity (Wildman–Crippen MR) is 102 cm³/mol. The molecule has 0 saturated heterocycles. The van der Waals surface area contributed by atoms with Gasteiger partial charge in [-0.2, -0.15) is 0 Å². The first-order valence-electron chi connectivity index (χ1n) is 11.5. The molecule has 10 unspecified atom stereocenters. The van der Waals surface area contributed by atoms with E-state index in [9.17, 15) is 14.4 Å². The van der Waals surface area contributed by atoms with Crippen molar-refractivity contribution in [2.24, 2.45) is 53.3 Å². The number of fused-ring (bicyclic) bond motifs is 10. The summed E-state index contributed by atoms with van der Waals surface area (Å²) in [7, 11) is 0. The van der Waals surface area contributed by atoms with Gasteiger partial charge in [0.15, 0.2) is 0 Å². The van der Waals surface area contributed by atoms with E-state index in [1.807, 2.05) is 12.2 Å². The molecule has 4 bridgehead atoms. The lowest BCUT2D eigenvalue weighted by Crippen LogP contribution is -2.49. The number of carbonyl (C=O) groups is 3. The summed E-state index contributed by atoms with van der Waals surface area (Å²) in [5.41, 5.74) is -0.366. The molecule has 0 spiro atoms. The maximum Gasteiger partial charge on any atom is 0.310 e. The van der Waals surface area contributed by atoms with Crippen LogP contribution in [0, 0.1) is 53.3 Å². The van der Waals surface area contributed by atoms with Crippen LogP contribution < -0.4 is 0 Å². The largest absolute Gasteiger partial charge is 0.459 e. The van der Waals surface area contributed by atoms with Gasteiger partial charge < -0.3 is 4.74 Å². The van der Waals surface area contributed by atoms with Gasteiger partial charge in [0.05, 0.1) is 5.92 Å². The van der Waals surface area contributed by atoms with Gasteiger partial charge in [-0.05, 0) is 56.8 Å². The van der Waals surface area contributed by atoms with Crippen LogP contribution in [0.1, 0.15) is 58.3 Å².